The van der Waals surface area contributed by atoms with Crippen LogP contribution in [0.5, 0.6) is 17.2 Å². The third-order valence-electron chi connectivity index (χ3n) is 4.14. The van der Waals surface area contributed by atoms with Gasteiger partial charge in [0.15, 0.2) is 6.10 Å². The van der Waals surface area contributed by atoms with Crippen molar-refractivity contribution in [3.8, 4) is 17.2 Å². The number of hydrogen-bond acceptors (Lipinski definition) is 5. The van der Waals surface area contributed by atoms with Gasteiger partial charge in [-0.2, -0.15) is 0 Å². The zero-order valence-corrected chi connectivity index (χ0v) is 14.3. The van der Waals surface area contributed by atoms with Gasteiger partial charge in [0.2, 0.25) is 5.90 Å². The molecule has 2 heterocycles. The van der Waals surface area contributed by atoms with Crippen molar-refractivity contribution in [2.24, 2.45) is 11.1 Å². The van der Waals surface area contributed by atoms with E-state index in [9.17, 15) is 0 Å². The molecule has 2 atom stereocenters. The lowest BCUT2D eigenvalue weighted by Crippen LogP contribution is -2.18. The summed E-state index contributed by atoms with van der Waals surface area (Å²) in [5.74, 6) is 2.78. The van der Waals surface area contributed by atoms with Crippen molar-refractivity contribution in [2.45, 2.75) is 13.0 Å². The molecular formula is C21H18N2O3. The molecule has 0 bridgehead atoms. The molecule has 4 rings (SSSR count). The maximum Gasteiger partial charge on any atom is 0.238 e. The minimum Gasteiger partial charge on any atom is -0.457 e. The summed E-state index contributed by atoms with van der Waals surface area (Å²) in [5.41, 5.74) is 1.02. The lowest BCUT2D eigenvalue weighted by atomic mass is 9.98. The van der Waals surface area contributed by atoms with E-state index in [4.69, 9.17) is 14.3 Å². The highest BCUT2D eigenvalue weighted by Gasteiger charge is 2.33. The van der Waals surface area contributed by atoms with Crippen LogP contribution >= 0.6 is 0 Å². The van der Waals surface area contributed by atoms with Gasteiger partial charge < -0.3 is 14.3 Å². The van der Waals surface area contributed by atoms with Gasteiger partial charge >= 0.3 is 0 Å². The van der Waals surface area contributed by atoms with Crippen LogP contribution in [0, 0.1) is 5.92 Å². The van der Waals surface area contributed by atoms with Gasteiger partial charge in [-0.3, -0.25) is 4.98 Å². The van der Waals surface area contributed by atoms with Gasteiger partial charge in [-0.05, 0) is 48.9 Å². The fourth-order valence-electron chi connectivity index (χ4n) is 2.75. The molecule has 3 aromatic rings. The number of hydrogen-bond donors (Lipinski definition) is 0. The van der Waals surface area contributed by atoms with Gasteiger partial charge in [0.05, 0.1) is 12.1 Å². The molecule has 5 heteroatoms. The van der Waals surface area contributed by atoms with E-state index in [0.29, 0.717) is 11.6 Å². The summed E-state index contributed by atoms with van der Waals surface area (Å²) in [6.45, 7) is 2.03. The number of ether oxygens (including phenoxy) is 2. The Balaban J connectivity index is 1.42. The van der Waals surface area contributed by atoms with Crippen LogP contribution in [0.4, 0.5) is 0 Å². The summed E-state index contributed by atoms with van der Waals surface area (Å²) in [4.78, 5) is 9.63. The van der Waals surface area contributed by atoms with Gasteiger partial charge in [0.25, 0.3) is 0 Å². The van der Waals surface area contributed by atoms with Crippen molar-refractivity contribution < 1.29 is 14.3 Å². The summed E-state index contributed by atoms with van der Waals surface area (Å²) in [5, 5.41) is 4.10. The first-order valence-electron chi connectivity index (χ1n) is 8.44. The van der Waals surface area contributed by atoms with Gasteiger partial charge in [-0.15, -0.1) is 0 Å². The predicted octanol–water partition coefficient (Wildman–Crippen LogP) is 4.97. The standard InChI is InChI=1S/C21H18N2O3/c1-15-20(26-23-21(15)25-19-8-5-13-22-14-19)16-9-11-18(12-10-16)24-17-6-3-2-4-7-17/h2-15,20H,1H3/t15-,20+/m1/s1. The molecule has 0 aliphatic carbocycles. The van der Waals surface area contributed by atoms with Crippen molar-refractivity contribution in [1.82, 2.24) is 4.98 Å². The van der Waals surface area contributed by atoms with Crippen LogP contribution in [-0.4, -0.2) is 10.9 Å². The maximum atomic E-state index is 5.82. The van der Waals surface area contributed by atoms with E-state index < -0.39 is 0 Å². The second-order valence-electron chi connectivity index (χ2n) is 6.02. The molecule has 0 unspecified atom stereocenters. The zero-order chi connectivity index (χ0) is 17.8. The Morgan fingerprint density at radius 2 is 1.54 bits per heavy atom. The first-order chi connectivity index (χ1) is 12.8. The topological polar surface area (TPSA) is 52.9 Å². The molecular weight excluding hydrogens is 328 g/mol. The third-order valence-corrected chi connectivity index (χ3v) is 4.14. The Morgan fingerprint density at radius 3 is 2.27 bits per heavy atom. The van der Waals surface area contributed by atoms with Crippen LogP contribution < -0.4 is 9.47 Å². The molecule has 0 N–H and O–H groups in total. The van der Waals surface area contributed by atoms with E-state index in [1.165, 1.54) is 0 Å². The zero-order valence-electron chi connectivity index (χ0n) is 14.3. The Bertz CT molecular complexity index is 880. The van der Waals surface area contributed by atoms with Crippen LogP contribution in [0.25, 0.3) is 0 Å². The molecule has 0 radical (unpaired) electrons. The summed E-state index contributed by atoms with van der Waals surface area (Å²) in [7, 11) is 0. The molecule has 1 aliphatic rings. The number of rotatable bonds is 4. The number of benzene rings is 2. The normalized spacial score (nSPS) is 18.7. The first kappa shape index (κ1) is 16.1. The molecule has 1 aliphatic heterocycles. The number of para-hydroxylation sites is 1. The smallest absolute Gasteiger partial charge is 0.238 e. The highest BCUT2D eigenvalue weighted by molar-refractivity contribution is 5.82. The average Bonchev–Trinajstić information content (AvgIpc) is 3.05. The van der Waals surface area contributed by atoms with E-state index in [-0.39, 0.29) is 12.0 Å². The Hall–Kier alpha value is -3.34. The molecule has 130 valence electrons. The molecule has 0 saturated heterocycles. The number of pyridine rings is 1. The van der Waals surface area contributed by atoms with Gasteiger partial charge in [-0.1, -0.05) is 35.5 Å². The summed E-state index contributed by atoms with van der Waals surface area (Å²) in [6, 6.07) is 21.2. The van der Waals surface area contributed by atoms with E-state index >= 15 is 0 Å². The second-order valence-corrected chi connectivity index (χ2v) is 6.02. The molecule has 5 nitrogen and oxygen atoms in total. The molecule has 0 spiro atoms. The fraction of sp³-hybridized carbons (Fsp3) is 0.143. The summed E-state index contributed by atoms with van der Waals surface area (Å²) < 4.78 is 11.6. The molecule has 0 saturated carbocycles. The number of nitrogens with zero attached hydrogens (tertiary/aromatic N) is 2. The monoisotopic (exact) mass is 346 g/mol. The first-order valence-corrected chi connectivity index (χ1v) is 8.44. The van der Waals surface area contributed by atoms with Crippen molar-refractivity contribution >= 4 is 5.90 Å². The Kier molecular flexibility index (Phi) is 4.51. The highest BCUT2D eigenvalue weighted by Crippen LogP contribution is 2.34. The molecule has 1 aromatic heterocycles. The number of oxime groups is 1. The van der Waals surface area contributed by atoms with Crippen molar-refractivity contribution in [3.63, 3.8) is 0 Å². The van der Waals surface area contributed by atoms with Crippen molar-refractivity contribution in [2.75, 3.05) is 0 Å². The molecule has 0 fully saturated rings. The number of aromatic nitrogens is 1. The predicted molar refractivity (Wildman–Crippen MR) is 98.2 cm³/mol. The Morgan fingerprint density at radius 1 is 0.808 bits per heavy atom. The lowest BCUT2D eigenvalue weighted by Gasteiger charge is -2.15. The van der Waals surface area contributed by atoms with Gasteiger partial charge in [0.1, 0.15) is 17.2 Å². The fourth-order valence-corrected chi connectivity index (χ4v) is 2.75. The quantitative estimate of drug-likeness (QED) is 0.669. The second kappa shape index (κ2) is 7.27. The van der Waals surface area contributed by atoms with Gasteiger partial charge in [-0.25, -0.2) is 0 Å². The molecule has 26 heavy (non-hydrogen) atoms. The Labute approximate surface area is 151 Å². The SMILES string of the molecule is C[C@H]1C(Oc2cccnc2)=NO[C@@H]1c1ccc(Oc2ccccc2)cc1. The largest absolute Gasteiger partial charge is 0.457 e. The molecule has 2 aromatic carbocycles. The van der Waals surface area contributed by atoms with E-state index in [0.717, 1.165) is 17.1 Å². The average molecular weight is 346 g/mol. The van der Waals surface area contributed by atoms with Gasteiger partial charge in [0, 0.05) is 6.20 Å². The minimum atomic E-state index is -0.188. The van der Waals surface area contributed by atoms with Crippen LogP contribution in [0.15, 0.2) is 84.3 Å². The third kappa shape index (κ3) is 3.52. The molecule has 0 amide bonds. The maximum absolute atomic E-state index is 5.82. The van der Waals surface area contributed by atoms with E-state index in [1.54, 1.807) is 12.4 Å². The minimum absolute atomic E-state index is 0.00361. The lowest BCUT2D eigenvalue weighted by molar-refractivity contribution is 0.0653. The van der Waals surface area contributed by atoms with E-state index in [1.807, 2.05) is 73.7 Å². The van der Waals surface area contributed by atoms with Crippen molar-refractivity contribution in [1.29, 1.82) is 0 Å². The van der Waals surface area contributed by atoms with Crippen LogP contribution in [0.3, 0.4) is 0 Å². The van der Waals surface area contributed by atoms with Crippen LogP contribution in [0.1, 0.15) is 18.6 Å². The summed E-state index contributed by atoms with van der Waals surface area (Å²) >= 11 is 0. The highest BCUT2D eigenvalue weighted by atomic mass is 16.7. The van der Waals surface area contributed by atoms with Crippen LogP contribution in [0.2, 0.25) is 0 Å². The van der Waals surface area contributed by atoms with Crippen LogP contribution in [-0.2, 0) is 4.84 Å². The van der Waals surface area contributed by atoms with E-state index in [2.05, 4.69) is 10.1 Å². The van der Waals surface area contributed by atoms with Crippen molar-refractivity contribution in [3.05, 3.63) is 84.7 Å². The summed E-state index contributed by atoms with van der Waals surface area (Å²) in [6.07, 6.45) is 3.16.